The van der Waals surface area contributed by atoms with E-state index in [-0.39, 0.29) is 18.7 Å². The molecular weight excluding hydrogens is 286 g/mol. The fraction of sp³-hybridized carbons (Fsp3) is 0.385. The van der Waals surface area contributed by atoms with Gasteiger partial charge in [-0.25, -0.2) is 21.5 Å². The van der Waals surface area contributed by atoms with Crippen LogP contribution in [0.2, 0.25) is 0 Å². The van der Waals surface area contributed by atoms with Gasteiger partial charge in [0.15, 0.2) is 0 Å². The van der Waals surface area contributed by atoms with Gasteiger partial charge in [0, 0.05) is 19.7 Å². The van der Waals surface area contributed by atoms with Gasteiger partial charge >= 0.3 is 0 Å². The molecule has 0 unspecified atom stereocenters. The first-order valence-corrected chi connectivity index (χ1v) is 7.43. The molecule has 4 nitrogen and oxygen atoms in total. The van der Waals surface area contributed by atoms with E-state index in [1.807, 2.05) is 0 Å². The van der Waals surface area contributed by atoms with Crippen LogP contribution in [0.1, 0.15) is 18.9 Å². The van der Waals surface area contributed by atoms with E-state index in [1.54, 1.807) is 6.92 Å². The van der Waals surface area contributed by atoms with Crippen molar-refractivity contribution in [3.05, 3.63) is 29.3 Å². The Morgan fingerprint density at radius 3 is 2.55 bits per heavy atom. The normalized spacial score (nSPS) is 11.3. The fourth-order valence-electron chi connectivity index (χ4n) is 1.65. The summed E-state index contributed by atoms with van der Waals surface area (Å²) in [6, 6.07) is 1.42. The van der Waals surface area contributed by atoms with Crippen LogP contribution < -0.4 is 5.73 Å². The quantitative estimate of drug-likeness (QED) is 0.853. The summed E-state index contributed by atoms with van der Waals surface area (Å²) >= 11 is 0. The number of halogens is 2. The van der Waals surface area contributed by atoms with E-state index in [0.29, 0.717) is 12.5 Å². The average molecular weight is 302 g/mol. The van der Waals surface area contributed by atoms with Gasteiger partial charge in [-0.2, -0.15) is 0 Å². The lowest BCUT2D eigenvalue weighted by Crippen LogP contribution is -2.29. The number of sulfonamides is 1. The molecule has 0 aliphatic rings. The third kappa shape index (κ3) is 3.54. The molecule has 20 heavy (non-hydrogen) atoms. The van der Waals surface area contributed by atoms with Crippen molar-refractivity contribution in [2.45, 2.75) is 18.2 Å². The number of hydrogen-bond donors (Lipinski definition) is 1. The molecule has 0 aliphatic heterocycles. The van der Waals surface area contributed by atoms with Gasteiger partial charge in [0.25, 0.3) is 0 Å². The van der Waals surface area contributed by atoms with Crippen molar-refractivity contribution in [3.63, 3.8) is 0 Å². The second-order valence-electron chi connectivity index (χ2n) is 4.10. The summed E-state index contributed by atoms with van der Waals surface area (Å²) in [6.45, 7) is 1.98. The minimum atomic E-state index is -4.06. The second kappa shape index (κ2) is 6.79. The Kier molecular flexibility index (Phi) is 5.62. The van der Waals surface area contributed by atoms with Gasteiger partial charge in [0.1, 0.15) is 16.5 Å². The van der Waals surface area contributed by atoms with Crippen molar-refractivity contribution < 1.29 is 17.2 Å². The molecule has 0 aliphatic carbocycles. The van der Waals surface area contributed by atoms with Crippen LogP contribution in [0, 0.1) is 23.5 Å². The Hall–Kier alpha value is -1.49. The molecule has 0 heterocycles. The van der Waals surface area contributed by atoms with Crippen LogP contribution in [0.4, 0.5) is 8.78 Å². The molecule has 1 rings (SSSR count). The molecule has 1 aromatic carbocycles. The number of benzene rings is 1. The minimum absolute atomic E-state index is 0.0393. The molecule has 0 saturated carbocycles. The topological polar surface area (TPSA) is 63.4 Å². The van der Waals surface area contributed by atoms with Gasteiger partial charge in [-0.05, 0) is 12.5 Å². The number of hydrogen-bond acceptors (Lipinski definition) is 3. The highest BCUT2D eigenvalue weighted by Gasteiger charge is 2.27. The van der Waals surface area contributed by atoms with Crippen LogP contribution in [0.5, 0.6) is 0 Å². The molecule has 0 saturated heterocycles. The van der Waals surface area contributed by atoms with Gasteiger partial charge in [-0.15, -0.1) is 0 Å². The molecular formula is C13H16F2N2O2S. The van der Waals surface area contributed by atoms with Crippen LogP contribution >= 0.6 is 0 Å². The largest absolute Gasteiger partial charge is 0.320 e. The molecule has 0 radical (unpaired) electrons. The van der Waals surface area contributed by atoms with Crippen molar-refractivity contribution >= 4 is 10.0 Å². The van der Waals surface area contributed by atoms with Gasteiger partial charge in [0.05, 0.1) is 12.1 Å². The molecule has 110 valence electrons. The zero-order chi connectivity index (χ0) is 15.3. The summed E-state index contributed by atoms with van der Waals surface area (Å²) in [5.41, 5.74) is 4.97. The molecule has 1 aromatic rings. The Labute approximate surface area is 117 Å². The zero-order valence-corrected chi connectivity index (χ0v) is 12.1. The van der Waals surface area contributed by atoms with Crippen molar-refractivity contribution in [3.8, 4) is 11.8 Å². The summed E-state index contributed by atoms with van der Waals surface area (Å²) in [6.07, 6.45) is 0.572. The smallest absolute Gasteiger partial charge is 0.246 e. The summed E-state index contributed by atoms with van der Waals surface area (Å²) in [5, 5.41) is 0. The van der Waals surface area contributed by atoms with E-state index in [9.17, 15) is 17.2 Å². The predicted molar refractivity (Wildman–Crippen MR) is 72.4 cm³/mol. The third-order valence-electron chi connectivity index (χ3n) is 2.54. The van der Waals surface area contributed by atoms with Crippen molar-refractivity contribution in [2.24, 2.45) is 5.73 Å². The minimum Gasteiger partial charge on any atom is -0.320 e. The van der Waals surface area contributed by atoms with Gasteiger partial charge in [-0.1, -0.05) is 18.8 Å². The van der Waals surface area contributed by atoms with E-state index < -0.39 is 26.6 Å². The molecule has 0 atom stereocenters. The average Bonchev–Trinajstić information content (AvgIpc) is 2.35. The highest BCUT2D eigenvalue weighted by molar-refractivity contribution is 7.89. The maximum Gasteiger partial charge on any atom is 0.246 e. The summed E-state index contributed by atoms with van der Waals surface area (Å²) in [5.74, 6) is 2.75. The lowest BCUT2D eigenvalue weighted by molar-refractivity contribution is 0.460. The van der Waals surface area contributed by atoms with E-state index in [4.69, 9.17) is 5.73 Å². The highest BCUT2D eigenvalue weighted by atomic mass is 32.2. The molecule has 0 fully saturated rings. The Bertz CT molecular complexity index is 648. The number of rotatable bonds is 4. The zero-order valence-electron chi connectivity index (χ0n) is 11.3. The van der Waals surface area contributed by atoms with Crippen molar-refractivity contribution in [1.29, 1.82) is 0 Å². The number of nitrogens with two attached hydrogens (primary N) is 1. The molecule has 0 bridgehead atoms. The Morgan fingerprint density at radius 1 is 1.35 bits per heavy atom. The molecule has 0 amide bonds. The van der Waals surface area contributed by atoms with Crippen LogP contribution in [-0.4, -0.2) is 32.9 Å². The van der Waals surface area contributed by atoms with E-state index in [0.717, 1.165) is 10.4 Å². The van der Waals surface area contributed by atoms with E-state index >= 15 is 0 Å². The second-order valence-corrected chi connectivity index (χ2v) is 6.08. The fourth-order valence-corrected chi connectivity index (χ4v) is 3.08. The molecule has 0 spiro atoms. The van der Waals surface area contributed by atoms with Crippen LogP contribution in [0.15, 0.2) is 17.0 Å². The van der Waals surface area contributed by atoms with Crippen LogP contribution in [0.25, 0.3) is 0 Å². The highest BCUT2D eigenvalue weighted by Crippen LogP contribution is 2.24. The van der Waals surface area contributed by atoms with Crippen molar-refractivity contribution in [1.82, 2.24) is 4.31 Å². The first kappa shape index (κ1) is 16.6. The molecule has 2 N–H and O–H groups in total. The standard InChI is InChI=1S/C13H16F2N2O2S/c1-3-7-17(2)20(18,19)13-10(5-4-6-16)8-11(14)9-12(13)15/h8-9H,3,6-7,16H2,1-2H3. The van der Waals surface area contributed by atoms with Gasteiger partial charge in [-0.3, -0.25) is 0 Å². The lowest BCUT2D eigenvalue weighted by Gasteiger charge is -2.17. The Morgan fingerprint density at radius 2 is 2.00 bits per heavy atom. The molecule has 0 aromatic heterocycles. The summed E-state index contributed by atoms with van der Waals surface area (Å²) in [4.78, 5) is -0.615. The van der Waals surface area contributed by atoms with Crippen LogP contribution in [-0.2, 0) is 10.0 Å². The maximum absolute atomic E-state index is 13.9. The van der Waals surface area contributed by atoms with Gasteiger partial charge in [0.2, 0.25) is 10.0 Å². The number of nitrogens with zero attached hydrogens (tertiary/aromatic N) is 1. The summed E-state index contributed by atoms with van der Waals surface area (Å²) < 4.78 is 52.7. The lowest BCUT2D eigenvalue weighted by atomic mass is 10.2. The monoisotopic (exact) mass is 302 g/mol. The Balaban J connectivity index is 3.50. The van der Waals surface area contributed by atoms with E-state index in [1.165, 1.54) is 7.05 Å². The van der Waals surface area contributed by atoms with Crippen LogP contribution in [0.3, 0.4) is 0 Å². The first-order valence-electron chi connectivity index (χ1n) is 5.99. The van der Waals surface area contributed by atoms with Gasteiger partial charge < -0.3 is 5.73 Å². The first-order chi connectivity index (χ1) is 9.34. The van der Waals surface area contributed by atoms with Crippen molar-refractivity contribution in [2.75, 3.05) is 20.1 Å². The third-order valence-corrected chi connectivity index (χ3v) is 4.47. The predicted octanol–water partition coefficient (Wildman–Crippen LogP) is 1.31. The molecule has 7 heteroatoms. The summed E-state index contributed by atoms with van der Waals surface area (Å²) in [7, 11) is -2.73. The van der Waals surface area contributed by atoms with E-state index in [2.05, 4.69) is 11.8 Å². The maximum atomic E-state index is 13.9. The SMILES string of the molecule is CCCN(C)S(=O)(=O)c1c(F)cc(F)cc1C#CCN.